The van der Waals surface area contributed by atoms with E-state index in [-0.39, 0.29) is 6.42 Å². The van der Waals surface area contributed by atoms with Crippen molar-refractivity contribution in [2.75, 3.05) is 6.54 Å². The summed E-state index contributed by atoms with van der Waals surface area (Å²) in [7, 11) is 0. The van der Waals surface area contributed by atoms with Crippen molar-refractivity contribution in [2.45, 2.75) is 18.9 Å². The average Bonchev–Trinajstić information content (AvgIpc) is 2.69. The number of nitrogens with zero attached hydrogens (tertiary/aromatic N) is 2. The molecule has 0 spiro atoms. The first kappa shape index (κ1) is 12.1. The van der Waals surface area contributed by atoms with Crippen LogP contribution < -0.4 is 11.1 Å². The summed E-state index contributed by atoms with van der Waals surface area (Å²) in [4.78, 5) is 25.4. The molecule has 0 radical (unpaired) electrons. The number of H-pyrrole nitrogens is 1. The standard InChI is InChI=1S/C8H13N5O3/c9-5(3-7(14)15)8(16)10-2-1-6-11-4-12-13-6/h4-5H,1-3,9H2,(H,10,16)(H,14,15)(H,11,12,13). The van der Waals surface area contributed by atoms with Crippen molar-refractivity contribution < 1.29 is 14.7 Å². The lowest BCUT2D eigenvalue weighted by molar-refractivity contribution is -0.139. The SMILES string of the molecule is NC(CC(=O)O)C(=O)NCCc1ncn[nH]1. The van der Waals surface area contributed by atoms with Gasteiger partial charge in [-0.3, -0.25) is 14.7 Å². The average molecular weight is 227 g/mol. The number of rotatable bonds is 6. The predicted octanol–water partition coefficient (Wildman–Crippen LogP) is -1.73. The van der Waals surface area contributed by atoms with Crippen molar-refractivity contribution in [3.8, 4) is 0 Å². The van der Waals surface area contributed by atoms with Crippen LogP contribution in [0.25, 0.3) is 0 Å². The number of carbonyl (C=O) groups excluding carboxylic acids is 1. The summed E-state index contributed by atoms with van der Waals surface area (Å²) >= 11 is 0. The van der Waals surface area contributed by atoms with Gasteiger partial charge in [-0.25, -0.2) is 4.98 Å². The minimum absolute atomic E-state index is 0.335. The highest BCUT2D eigenvalue weighted by Crippen LogP contribution is 1.89. The molecule has 16 heavy (non-hydrogen) atoms. The Bertz CT molecular complexity index is 351. The highest BCUT2D eigenvalue weighted by molar-refractivity contribution is 5.85. The molecule has 5 N–H and O–H groups in total. The summed E-state index contributed by atoms with van der Waals surface area (Å²) in [6, 6.07) is -1.02. The van der Waals surface area contributed by atoms with Crippen molar-refractivity contribution in [3.63, 3.8) is 0 Å². The van der Waals surface area contributed by atoms with E-state index < -0.39 is 17.9 Å². The molecule has 0 aromatic carbocycles. The second kappa shape index (κ2) is 5.81. The third kappa shape index (κ3) is 4.05. The summed E-state index contributed by atoms with van der Waals surface area (Å²) in [6.07, 6.45) is 1.48. The predicted molar refractivity (Wildman–Crippen MR) is 53.3 cm³/mol. The highest BCUT2D eigenvalue weighted by Gasteiger charge is 2.16. The third-order valence-electron chi connectivity index (χ3n) is 1.86. The van der Waals surface area contributed by atoms with Crippen molar-refractivity contribution in [1.82, 2.24) is 20.5 Å². The minimum atomic E-state index is -1.10. The number of aromatic amines is 1. The van der Waals surface area contributed by atoms with E-state index in [0.29, 0.717) is 18.8 Å². The van der Waals surface area contributed by atoms with Gasteiger partial charge in [0.25, 0.3) is 0 Å². The van der Waals surface area contributed by atoms with Gasteiger partial charge in [0, 0.05) is 13.0 Å². The number of carboxylic acids is 1. The Kier molecular flexibility index (Phi) is 4.40. The first-order valence-electron chi connectivity index (χ1n) is 4.69. The number of hydrogen-bond acceptors (Lipinski definition) is 5. The van der Waals surface area contributed by atoms with Crippen LogP contribution in [0.15, 0.2) is 6.33 Å². The zero-order chi connectivity index (χ0) is 12.0. The summed E-state index contributed by atoms with van der Waals surface area (Å²) in [5.74, 6) is -0.938. The van der Waals surface area contributed by atoms with E-state index in [4.69, 9.17) is 10.8 Å². The van der Waals surface area contributed by atoms with Crippen LogP contribution in [0, 0.1) is 0 Å². The largest absolute Gasteiger partial charge is 0.481 e. The molecule has 1 amide bonds. The fraction of sp³-hybridized carbons (Fsp3) is 0.500. The second-order valence-electron chi connectivity index (χ2n) is 3.18. The lowest BCUT2D eigenvalue weighted by atomic mass is 10.2. The number of aliphatic carboxylic acids is 1. The van der Waals surface area contributed by atoms with Crippen LogP contribution in [-0.2, 0) is 16.0 Å². The van der Waals surface area contributed by atoms with E-state index >= 15 is 0 Å². The molecule has 0 saturated heterocycles. The molecule has 1 atom stereocenters. The van der Waals surface area contributed by atoms with E-state index in [1.54, 1.807) is 0 Å². The van der Waals surface area contributed by atoms with Gasteiger partial charge in [0.15, 0.2) is 0 Å². The number of nitrogens with two attached hydrogens (primary N) is 1. The van der Waals surface area contributed by atoms with Gasteiger partial charge < -0.3 is 16.2 Å². The van der Waals surface area contributed by atoms with E-state index in [9.17, 15) is 9.59 Å². The number of carbonyl (C=O) groups is 2. The highest BCUT2D eigenvalue weighted by atomic mass is 16.4. The molecule has 1 unspecified atom stereocenters. The number of aromatic nitrogens is 3. The maximum absolute atomic E-state index is 11.3. The maximum Gasteiger partial charge on any atom is 0.305 e. The van der Waals surface area contributed by atoms with Gasteiger partial charge in [-0.2, -0.15) is 5.10 Å². The number of nitrogens with one attached hydrogen (secondary N) is 2. The quantitative estimate of drug-likeness (QED) is 0.456. The molecule has 1 aromatic rings. The van der Waals surface area contributed by atoms with Crippen LogP contribution in [0.2, 0.25) is 0 Å². The van der Waals surface area contributed by atoms with Gasteiger partial charge in [-0.15, -0.1) is 0 Å². The van der Waals surface area contributed by atoms with Crippen molar-refractivity contribution >= 4 is 11.9 Å². The van der Waals surface area contributed by atoms with Crippen LogP contribution in [0.4, 0.5) is 0 Å². The van der Waals surface area contributed by atoms with Crippen molar-refractivity contribution in [3.05, 3.63) is 12.2 Å². The van der Waals surface area contributed by atoms with Gasteiger partial charge >= 0.3 is 5.97 Å². The first-order valence-corrected chi connectivity index (χ1v) is 4.69. The lowest BCUT2D eigenvalue weighted by Gasteiger charge is -2.09. The Balaban J connectivity index is 2.22. The fourth-order valence-electron chi connectivity index (χ4n) is 1.07. The molecule has 0 saturated carbocycles. The van der Waals surface area contributed by atoms with Crippen molar-refractivity contribution in [2.24, 2.45) is 5.73 Å². The van der Waals surface area contributed by atoms with E-state index in [0.717, 1.165) is 0 Å². The van der Waals surface area contributed by atoms with Gasteiger partial charge in [-0.1, -0.05) is 0 Å². The van der Waals surface area contributed by atoms with E-state index in [2.05, 4.69) is 20.5 Å². The zero-order valence-electron chi connectivity index (χ0n) is 8.51. The fourth-order valence-corrected chi connectivity index (χ4v) is 1.07. The Hall–Kier alpha value is -1.96. The molecule has 8 nitrogen and oxygen atoms in total. The molecule has 0 aliphatic rings. The summed E-state index contributed by atoms with van der Waals surface area (Å²) in [5.41, 5.74) is 5.35. The lowest BCUT2D eigenvalue weighted by Crippen LogP contribution is -2.42. The summed E-state index contributed by atoms with van der Waals surface area (Å²) < 4.78 is 0. The van der Waals surface area contributed by atoms with Gasteiger partial charge in [0.05, 0.1) is 12.5 Å². The van der Waals surface area contributed by atoms with E-state index in [1.165, 1.54) is 6.33 Å². The molecule has 8 heteroatoms. The normalized spacial score (nSPS) is 12.1. The number of hydrogen-bond donors (Lipinski definition) is 4. The maximum atomic E-state index is 11.3. The summed E-state index contributed by atoms with van der Waals surface area (Å²) in [5, 5.41) is 17.2. The molecule has 0 aliphatic heterocycles. The van der Waals surface area contributed by atoms with Crippen LogP contribution >= 0.6 is 0 Å². The topological polar surface area (TPSA) is 134 Å². The summed E-state index contributed by atoms with van der Waals surface area (Å²) in [6.45, 7) is 0.335. The molecule has 1 rings (SSSR count). The Morgan fingerprint density at radius 2 is 2.38 bits per heavy atom. The molecule has 0 aliphatic carbocycles. The first-order chi connectivity index (χ1) is 7.59. The zero-order valence-corrected chi connectivity index (χ0v) is 8.51. The molecular formula is C8H13N5O3. The van der Waals surface area contributed by atoms with Crippen LogP contribution in [0.1, 0.15) is 12.2 Å². The monoisotopic (exact) mass is 227 g/mol. The van der Waals surface area contributed by atoms with Crippen molar-refractivity contribution in [1.29, 1.82) is 0 Å². The van der Waals surface area contributed by atoms with Crippen LogP contribution in [-0.4, -0.2) is 44.8 Å². The second-order valence-corrected chi connectivity index (χ2v) is 3.18. The Morgan fingerprint density at radius 3 is 2.94 bits per heavy atom. The molecule has 88 valence electrons. The minimum Gasteiger partial charge on any atom is -0.481 e. The molecular weight excluding hydrogens is 214 g/mol. The smallest absolute Gasteiger partial charge is 0.305 e. The van der Waals surface area contributed by atoms with Gasteiger partial charge in [0.2, 0.25) is 5.91 Å². The number of amides is 1. The van der Waals surface area contributed by atoms with Gasteiger partial charge in [0.1, 0.15) is 12.2 Å². The van der Waals surface area contributed by atoms with Gasteiger partial charge in [-0.05, 0) is 0 Å². The van der Waals surface area contributed by atoms with Crippen LogP contribution in [0.5, 0.6) is 0 Å². The Morgan fingerprint density at radius 1 is 1.62 bits per heavy atom. The van der Waals surface area contributed by atoms with Crippen LogP contribution in [0.3, 0.4) is 0 Å². The molecule has 0 bridgehead atoms. The molecule has 1 aromatic heterocycles. The molecule has 0 fully saturated rings. The third-order valence-corrected chi connectivity index (χ3v) is 1.86. The van der Waals surface area contributed by atoms with E-state index in [1.807, 2.05) is 0 Å². The Labute approximate surface area is 91.2 Å². The number of carboxylic acid groups (broad SMARTS) is 1. The molecule has 1 heterocycles.